The van der Waals surface area contributed by atoms with Gasteiger partial charge in [-0.15, -0.1) is 0 Å². The topological polar surface area (TPSA) is 41.6 Å². The van der Waals surface area contributed by atoms with Gasteiger partial charge in [0.1, 0.15) is 0 Å². The number of benzene rings is 1. The molecule has 2 rings (SSSR count). The molecule has 1 N–H and O–H groups in total. The zero-order valence-electron chi connectivity index (χ0n) is 11.6. The molecule has 0 radical (unpaired) electrons. The Morgan fingerprint density at radius 2 is 2.11 bits per heavy atom. The molecule has 0 aromatic heterocycles. The molecule has 0 aliphatic carbocycles. The Morgan fingerprint density at radius 3 is 2.74 bits per heavy atom. The number of hydrogen-bond donors (Lipinski definition) is 1. The van der Waals surface area contributed by atoms with Gasteiger partial charge in [-0.1, -0.05) is 36.8 Å². The van der Waals surface area contributed by atoms with Crippen LogP contribution in [0.25, 0.3) is 0 Å². The molecule has 1 amide bonds. The first-order chi connectivity index (χ1) is 9.22. The van der Waals surface area contributed by atoms with Crippen molar-refractivity contribution in [1.29, 1.82) is 0 Å². The zero-order valence-corrected chi connectivity index (χ0v) is 11.6. The van der Waals surface area contributed by atoms with Crippen LogP contribution in [0.4, 0.5) is 4.79 Å². The number of likely N-dealkylation sites (N-methyl/N-ethyl adjacent to an activating group) is 1. The van der Waals surface area contributed by atoms with Gasteiger partial charge >= 0.3 is 6.09 Å². The molecule has 1 saturated heterocycles. The van der Waals surface area contributed by atoms with E-state index in [4.69, 9.17) is 4.74 Å². The van der Waals surface area contributed by atoms with Crippen LogP contribution in [-0.4, -0.2) is 37.7 Å². The number of likely N-dealkylation sites (tertiary alicyclic amines) is 1. The standard InChI is InChI=1S/C15H22N2O2/c1-17-11-7-6-10-13(17)14(16-15(18)19-2)12-8-4-3-5-9-12/h3-5,8-9,13-14H,6-7,10-11H2,1-2H3,(H,16,18). The normalized spacial score (nSPS) is 21.7. The minimum absolute atomic E-state index is 0.0149. The molecule has 2 atom stereocenters. The quantitative estimate of drug-likeness (QED) is 0.910. The number of carbonyl (C=O) groups is 1. The molecule has 1 aliphatic heterocycles. The van der Waals surface area contributed by atoms with Crippen molar-refractivity contribution in [2.45, 2.75) is 31.3 Å². The second-order valence-electron chi connectivity index (χ2n) is 5.07. The lowest BCUT2D eigenvalue weighted by Crippen LogP contribution is -2.47. The van der Waals surface area contributed by atoms with Crippen LogP contribution in [0.15, 0.2) is 30.3 Å². The van der Waals surface area contributed by atoms with Crippen LogP contribution in [0.5, 0.6) is 0 Å². The second kappa shape index (κ2) is 6.57. The fourth-order valence-electron chi connectivity index (χ4n) is 2.77. The fraction of sp³-hybridized carbons (Fsp3) is 0.533. The molecule has 19 heavy (non-hydrogen) atoms. The summed E-state index contributed by atoms with van der Waals surface area (Å²) in [4.78, 5) is 13.9. The lowest BCUT2D eigenvalue weighted by atomic mass is 9.91. The number of amides is 1. The smallest absolute Gasteiger partial charge is 0.407 e. The van der Waals surface area contributed by atoms with Gasteiger partial charge in [-0.2, -0.15) is 0 Å². The molecule has 4 heteroatoms. The van der Waals surface area contributed by atoms with Crippen molar-refractivity contribution in [2.75, 3.05) is 20.7 Å². The molecule has 2 unspecified atom stereocenters. The molecule has 1 fully saturated rings. The third-order valence-corrected chi connectivity index (χ3v) is 3.83. The summed E-state index contributed by atoms with van der Waals surface area (Å²) in [6.07, 6.45) is 3.17. The van der Waals surface area contributed by atoms with Gasteiger partial charge < -0.3 is 15.0 Å². The minimum atomic E-state index is -0.368. The zero-order chi connectivity index (χ0) is 13.7. The van der Waals surface area contributed by atoms with Crippen LogP contribution in [0.1, 0.15) is 30.9 Å². The van der Waals surface area contributed by atoms with Gasteiger partial charge in [0.2, 0.25) is 0 Å². The molecular weight excluding hydrogens is 240 g/mol. The van der Waals surface area contributed by atoms with Gasteiger partial charge in [0.25, 0.3) is 0 Å². The van der Waals surface area contributed by atoms with Crippen LogP contribution < -0.4 is 5.32 Å². The number of methoxy groups -OCH3 is 1. The van der Waals surface area contributed by atoms with E-state index in [-0.39, 0.29) is 12.1 Å². The van der Waals surface area contributed by atoms with Crippen molar-refractivity contribution >= 4 is 6.09 Å². The van der Waals surface area contributed by atoms with Crippen LogP contribution >= 0.6 is 0 Å². The number of ether oxygens (including phenoxy) is 1. The lowest BCUT2D eigenvalue weighted by molar-refractivity contribution is 0.127. The van der Waals surface area contributed by atoms with Crippen LogP contribution in [0, 0.1) is 0 Å². The van der Waals surface area contributed by atoms with E-state index >= 15 is 0 Å². The van der Waals surface area contributed by atoms with Crippen molar-refractivity contribution in [3.63, 3.8) is 0 Å². The maximum Gasteiger partial charge on any atom is 0.407 e. The van der Waals surface area contributed by atoms with Gasteiger partial charge in [-0.05, 0) is 32.0 Å². The Hall–Kier alpha value is -1.55. The maximum atomic E-state index is 11.6. The first-order valence-corrected chi connectivity index (χ1v) is 6.82. The molecule has 0 bridgehead atoms. The third-order valence-electron chi connectivity index (χ3n) is 3.83. The average molecular weight is 262 g/mol. The molecule has 1 aliphatic rings. The van der Waals surface area contributed by atoms with E-state index in [9.17, 15) is 4.79 Å². The van der Waals surface area contributed by atoms with E-state index in [1.165, 1.54) is 20.0 Å². The van der Waals surface area contributed by atoms with Gasteiger partial charge in [-0.25, -0.2) is 4.79 Å². The maximum absolute atomic E-state index is 11.6. The van der Waals surface area contributed by atoms with Crippen LogP contribution in [0.3, 0.4) is 0 Å². The van der Waals surface area contributed by atoms with E-state index in [1.54, 1.807) is 0 Å². The molecule has 104 valence electrons. The van der Waals surface area contributed by atoms with Crippen molar-refractivity contribution < 1.29 is 9.53 Å². The van der Waals surface area contributed by atoms with E-state index < -0.39 is 0 Å². The van der Waals surface area contributed by atoms with E-state index in [2.05, 4.69) is 29.4 Å². The highest BCUT2D eigenvalue weighted by Gasteiger charge is 2.30. The predicted molar refractivity (Wildman–Crippen MR) is 75.0 cm³/mol. The largest absolute Gasteiger partial charge is 0.453 e. The number of rotatable bonds is 3. The summed E-state index contributed by atoms with van der Waals surface area (Å²) in [5.74, 6) is 0. The summed E-state index contributed by atoms with van der Waals surface area (Å²) in [5, 5.41) is 2.98. The van der Waals surface area contributed by atoms with E-state index in [0.717, 1.165) is 18.5 Å². The predicted octanol–water partition coefficient (Wildman–Crippen LogP) is 2.57. The Balaban J connectivity index is 2.20. The molecule has 1 aromatic rings. The minimum Gasteiger partial charge on any atom is -0.453 e. The van der Waals surface area contributed by atoms with E-state index in [0.29, 0.717) is 6.04 Å². The van der Waals surface area contributed by atoms with Crippen LogP contribution in [-0.2, 0) is 4.74 Å². The van der Waals surface area contributed by atoms with Gasteiger partial charge in [0.05, 0.1) is 13.2 Å². The molecular formula is C15H22N2O2. The van der Waals surface area contributed by atoms with Gasteiger partial charge in [0.15, 0.2) is 0 Å². The van der Waals surface area contributed by atoms with E-state index in [1.807, 2.05) is 18.2 Å². The van der Waals surface area contributed by atoms with Crippen molar-refractivity contribution in [1.82, 2.24) is 10.2 Å². The van der Waals surface area contributed by atoms with Gasteiger partial charge in [-0.3, -0.25) is 0 Å². The summed E-state index contributed by atoms with van der Waals surface area (Å²) in [7, 11) is 3.53. The summed E-state index contributed by atoms with van der Waals surface area (Å²) in [6.45, 7) is 1.08. The fourth-order valence-corrected chi connectivity index (χ4v) is 2.77. The number of piperidine rings is 1. The summed E-state index contributed by atoms with van der Waals surface area (Å²) < 4.78 is 4.76. The third kappa shape index (κ3) is 3.47. The highest BCUT2D eigenvalue weighted by molar-refractivity contribution is 5.67. The number of hydrogen-bond acceptors (Lipinski definition) is 3. The number of alkyl carbamates (subject to hydrolysis) is 1. The SMILES string of the molecule is COC(=O)NC(c1ccccc1)C1CCCCN1C. The highest BCUT2D eigenvalue weighted by atomic mass is 16.5. The average Bonchev–Trinajstić information content (AvgIpc) is 2.46. The van der Waals surface area contributed by atoms with Gasteiger partial charge in [0, 0.05) is 6.04 Å². The molecule has 4 nitrogen and oxygen atoms in total. The molecule has 1 heterocycles. The summed E-state index contributed by atoms with van der Waals surface area (Å²) in [5.41, 5.74) is 1.13. The number of nitrogens with one attached hydrogen (secondary N) is 1. The summed E-state index contributed by atoms with van der Waals surface area (Å²) in [6, 6.07) is 10.4. The Labute approximate surface area is 114 Å². The first-order valence-electron chi connectivity index (χ1n) is 6.82. The van der Waals surface area contributed by atoms with Crippen molar-refractivity contribution in [3.8, 4) is 0 Å². The molecule has 0 saturated carbocycles. The number of nitrogens with zero attached hydrogens (tertiary/aromatic N) is 1. The summed E-state index contributed by atoms with van der Waals surface area (Å²) >= 11 is 0. The van der Waals surface area contributed by atoms with Crippen molar-refractivity contribution in [3.05, 3.63) is 35.9 Å². The molecule has 1 aromatic carbocycles. The Kier molecular flexibility index (Phi) is 4.80. The lowest BCUT2D eigenvalue weighted by Gasteiger charge is -2.38. The van der Waals surface area contributed by atoms with Crippen molar-refractivity contribution in [2.24, 2.45) is 0 Å². The Morgan fingerprint density at radius 1 is 1.37 bits per heavy atom. The second-order valence-corrected chi connectivity index (χ2v) is 5.07. The monoisotopic (exact) mass is 262 g/mol. The number of carbonyl (C=O) groups excluding carboxylic acids is 1. The highest BCUT2D eigenvalue weighted by Crippen LogP contribution is 2.27. The first kappa shape index (κ1) is 13.9. The Bertz CT molecular complexity index is 408. The van der Waals surface area contributed by atoms with Crippen LogP contribution in [0.2, 0.25) is 0 Å². The molecule has 0 spiro atoms.